The average Bonchev–Trinajstić information content (AvgIpc) is 2.89. The van der Waals surface area contributed by atoms with Crippen molar-refractivity contribution in [3.63, 3.8) is 0 Å². The van der Waals surface area contributed by atoms with Gasteiger partial charge in [-0.15, -0.1) is 0 Å². The van der Waals surface area contributed by atoms with Crippen molar-refractivity contribution in [1.29, 1.82) is 0 Å². The summed E-state index contributed by atoms with van der Waals surface area (Å²) in [4.78, 5) is 6.75. The monoisotopic (exact) mass is 461 g/mol. The number of pyridine rings is 1. The molecule has 3 N–H and O–H groups in total. The van der Waals surface area contributed by atoms with E-state index in [9.17, 15) is 5.11 Å². The Bertz CT molecular complexity index is 1010. The van der Waals surface area contributed by atoms with Crippen molar-refractivity contribution in [2.45, 2.75) is 45.0 Å². The highest BCUT2D eigenvalue weighted by atomic mass is 16.7. The molecule has 2 heterocycles. The molecule has 0 unspecified atom stereocenters. The van der Waals surface area contributed by atoms with Crippen LogP contribution in [0.2, 0.25) is 0 Å². The lowest BCUT2D eigenvalue weighted by Crippen LogP contribution is -2.43. The Balaban J connectivity index is 1.51. The molecule has 3 aromatic rings. The summed E-state index contributed by atoms with van der Waals surface area (Å²) >= 11 is 0. The standard InChI is InChI=1S/C28H35N3O3/c1-20-26(18-31(2)16-14-25-5-3-4-15-30-25)33-28(24-12-6-21(17-29)7-13-24)34-27(20)23-10-8-22(19-32)9-11-23/h3-13,15,20,26-28,32H,14,16-19,29H2,1-2H3/t20-,26+,27+,28+/m0/s1. The fraction of sp³-hybridized carbons (Fsp3) is 0.393. The minimum absolute atomic E-state index is 0.0100. The van der Waals surface area contributed by atoms with E-state index >= 15 is 0 Å². The van der Waals surface area contributed by atoms with Crippen LogP contribution in [-0.2, 0) is 29.0 Å². The lowest BCUT2D eigenvalue weighted by atomic mass is 9.90. The summed E-state index contributed by atoms with van der Waals surface area (Å²) in [5.74, 6) is 0.150. The van der Waals surface area contributed by atoms with Crippen molar-refractivity contribution >= 4 is 0 Å². The summed E-state index contributed by atoms with van der Waals surface area (Å²) in [5.41, 5.74) is 10.9. The number of benzene rings is 2. The number of rotatable bonds is 9. The molecule has 0 amide bonds. The Morgan fingerprint density at radius 1 is 0.941 bits per heavy atom. The number of aromatic nitrogens is 1. The van der Waals surface area contributed by atoms with E-state index in [1.165, 1.54) is 0 Å². The molecule has 34 heavy (non-hydrogen) atoms. The highest BCUT2D eigenvalue weighted by Crippen LogP contribution is 2.41. The molecular weight excluding hydrogens is 426 g/mol. The third-order valence-corrected chi connectivity index (χ3v) is 6.58. The topological polar surface area (TPSA) is 80.8 Å². The van der Waals surface area contributed by atoms with E-state index in [4.69, 9.17) is 15.2 Å². The minimum atomic E-state index is -0.459. The second kappa shape index (κ2) is 11.7. The van der Waals surface area contributed by atoms with Crippen LogP contribution in [0, 0.1) is 5.92 Å². The second-order valence-electron chi connectivity index (χ2n) is 9.10. The molecule has 0 spiro atoms. The summed E-state index contributed by atoms with van der Waals surface area (Å²) in [6, 6.07) is 22.2. The molecule has 0 saturated carbocycles. The number of hydrogen-bond donors (Lipinski definition) is 2. The average molecular weight is 462 g/mol. The maximum Gasteiger partial charge on any atom is 0.184 e. The number of hydrogen-bond acceptors (Lipinski definition) is 6. The van der Waals surface area contributed by atoms with E-state index in [0.717, 1.165) is 47.5 Å². The molecular formula is C28H35N3O3. The summed E-state index contributed by atoms with van der Waals surface area (Å²) in [6.07, 6.45) is 2.15. The summed E-state index contributed by atoms with van der Waals surface area (Å²) in [5, 5.41) is 9.43. The molecule has 2 aromatic carbocycles. The van der Waals surface area contributed by atoms with Gasteiger partial charge in [-0.2, -0.15) is 0 Å². The zero-order chi connectivity index (χ0) is 23.9. The molecule has 4 rings (SSSR count). The van der Waals surface area contributed by atoms with Gasteiger partial charge in [-0.1, -0.05) is 61.5 Å². The minimum Gasteiger partial charge on any atom is -0.392 e. The normalized spacial score (nSPS) is 22.7. The lowest BCUT2D eigenvalue weighted by Gasteiger charge is -2.42. The molecule has 1 saturated heterocycles. The molecule has 0 bridgehead atoms. The molecule has 0 aliphatic carbocycles. The quantitative estimate of drug-likeness (QED) is 0.501. The molecule has 4 atom stereocenters. The van der Waals surface area contributed by atoms with Gasteiger partial charge in [-0.25, -0.2) is 0 Å². The van der Waals surface area contributed by atoms with Gasteiger partial charge in [0.15, 0.2) is 6.29 Å². The van der Waals surface area contributed by atoms with Crippen LogP contribution >= 0.6 is 0 Å². The number of aliphatic hydroxyl groups is 1. The Morgan fingerprint density at radius 3 is 2.29 bits per heavy atom. The van der Waals surface area contributed by atoms with Crippen molar-refractivity contribution in [2.24, 2.45) is 11.7 Å². The van der Waals surface area contributed by atoms with Gasteiger partial charge in [-0.3, -0.25) is 4.98 Å². The van der Waals surface area contributed by atoms with Crippen LogP contribution in [0.4, 0.5) is 0 Å². The van der Waals surface area contributed by atoms with E-state index in [1.807, 2.05) is 54.7 Å². The first-order chi connectivity index (χ1) is 16.6. The van der Waals surface area contributed by atoms with Gasteiger partial charge in [0.05, 0.1) is 18.8 Å². The van der Waals surface area contributed by atoms with E-state index in [2.05, 4.69) is 42.1 Å². The predicted octanol–water partition coefficient (Wildman–Crippen LogP) is 4.00. The van der Waals surface area contributed by atoms with E-state index < -0.39 is 6.29 Å². The van der Waals surface area contributed by atoms with Crippen LogP contribution in [0.15, 0.2) is 72.9 Å². The molecule has 1 fully saturated rings. The van der Waals surface area contributed by atoms with Crippen molar-refractivity contribution in [1.82, 2.24) is 9.88 Å². The predicted molar refractivity (Wildman–Crippen MR) is 133 cm³/mol. The Hall–Kier alpha value is -2.61. The van der Waals surface area contributed by atoms with E-state index in [0.29, 0.717) is 6.54 Å². The lowest BCUT2D eigenvalue weighted by molar-refractivity contribution is -0.275. The second-order valence-corrected chi connectivity index (χ2v) is 9.10. The van der Waals surface area contributed by atoms with Crippen LogP contribution in [0.1, 0.15) is 47.3 Å². The van der Waals surface area contributed by atoms with Crippen LogP contribution in [0.3, 0.4) is 0 Å². The van der Waals surface area contributed by atoms with Crippen LogP contribution < -0.4 is 5.73 Å². The van der Waals surface area contributed by atoms with Crippen molar-refractivity contribution < 1.29 is 14.6 Å². The maximum atomic E-state index is 9.43. The Kier molecular flexibility index (Phi) is 8.43. The van der Waals surface area contributed by atoms with Gasteiger partial charge >= 0.3 is 0 Å². The van der Waals surface area contributed by atoms with E-state index in [-0.39, 0.29) is 24.7 Å². The zero-order valence-electron chi connectivity index (χ0n) is 20.0. The third kappa shape index (κ3) is 6.09. The first-order valence-electron chi connectivity index (χ1n) is 12.0. The number of nitrogens with two attached hydrogens (primary N) is 1. The fourth-order valence-corrected chi connectivity index (χ4v) is 4.39. The fourth-order valence-electron chi connectivity index (χ4n) is 4.39. The Labute approximate surface area is 202 Å². The van der Waals surface area contributed by atoms with Crippen molar-refractivity contribution in [2.75, 3.05) is 20.1 Å². The van der Waals surface area contributed by atoms with Crippen molar-refractivity contribution in [3.05, 3.63) is 101 Å². The summed E-state index contributed by atoms with van der Waals surface area (Å²) < 4.78 is 13.0. The molecule has 6 heteroatoms. The smallest absolute Gasteiger partial charge is 0.184 e. The molecule has 6 nitrogen and oxygen atoms in total. The molecule has 1 aliphatic rings. The van der Waals surface area contributed by atoms with Crippen LogP contribution in [-0.4, -0.2) is 41.2 Å². The maximum absolute atomic E-state index is 9.43. The van der Waals surface area contributed by atoms with Gasteiger partial charge in [0, 0.05) is 49.4 Å². The molecule has 1 aliphatic heterocycles. The van der Waals surface area contributed by atoms with Gasteiger partial charge in [0.2, 0.25) is 0 Å². The summed E-state index contributed by atoms with van der Waals surface area (Å²) in [6.45, 7) is 4.42. The van der Waals surface area contributed by atoms with Crippen LogP contribution in [0.5, 0.6) is 0 Å². The number of nitrogens with zero attached hydrogens (tertiary/aromatic N) is 2. The zero-order valence-corrected chi connectivity index (χ0v) is 20.0. The number of likely N-dealkylation sites (N-methyl/N-ethyl adjacent to an activating group) is 1. The number of ether oxygens (including phenoxy) is 2. The molecule has 1 aromatic heterocycles. The molecule has 0 radical (unpaired) electrons. The van der Waals surface area contributed by atoms with E-state index in [1.54, 1.807) is 0 Å². The van der Waals surface area contributed by atoms with Gasteiger partial charge in [0.25, 0.3) is 0 Å². The van der Waals surface area contributed by atoms with Gasteiger partial charge in [0.1, 0.15) is 0 Å². The van der Waals surface area contributed by atoms with Crippen LogP contribution in [0.25, 0.3) is 0 Å². The third-order valence-electron chi connectivity index (χ3n) is 6.58. The summed E-state index contributed by atoms with van der Waals surface area (Å²) in [7, 11) is 2.13. The first-order valence-corrected chi connectivity index (χ1v) is 12.0. The first kappa shape index (κ1) is 24.5. The Morgan fingerprint density at radius 2 is 1.65 bits per heavy atom. The number of aliphatic hydroxyl groups excluding tert-OH is 1. The highest BCUT2D eigenvalue weighted by molar-refractivity contribution is 5.27. The highest BCUT2D eigenvalue weighted by Gasteiger charge is 2.38. The SMILES string of the molecule is C[C@H]1[C@@H](CN(C)CCc2ccccn2)O[C@@H](c2ccc(CN)cc2)O[C@H]1c1ccc(CO)cc1. The molecule has 180 valence electrons. The van der Waals surface area contributed by atoms with Gasteiger partial charge < -0.3 is 25.2 Å². The van der Waals surface area contributed by atoms with Gasteiger partial charge in [-0.05, 0) is 35.9 Å². The largest absolute Gasteiger partial charge is 0.392 e. The van der Waals surface area contributed by atoms with Crippen molar-refractivity contribution in [3.8, 4) is 0 Å².